The number of benzene rings is 1. The predicted octanol–water partition coefficient (Wildman–Crippen LogP) is 3.31. The van der Waals surface area contributed by atoms with Crippen molar-refractivity contribution >= 4 is 29.2 Å². The van der Waals surface area contributed by atoms with Crippen LogP contribution in [0.25, 0.3) is 5.69 Å². The third kappa shape index (κ3) is 3.66. The highest BCUT2D eigenvalue weighted by molar-refractivity contribution is 7.98. The first-order valence-electron chi connectivity index (χ1n) is 7.72. The number of imidazole rings is 1. The minimum absolute atomic E-state index is 0.226. The fourth-order valence-corrected chi connectivity index (χ4v) is 2.93. The van der Waals surface area contributed by atoms with Gasteiger partial charge < -0.3 is 10.2 Å². The summed E-state index contributed by atoms with van der Waals surface area (Å²) in [6.07, 6.45) is 5.18. The Morgan fingerprint density at radius 3 is 2.44 bits per heavy atom. The maximum Gasteiger partial charge on any atom is 0.274 e. The van der Waals surface area contributed by atoms with Crippen molar-refractivity contribution in [1.29, 1.82) is 0 Å². The lowest BCUT2D eigenvalue weighted by Gasteiger charge is -2.13. The largest absolute Gasteiger partial charge is 0.363 e. The van der Waals surface area contributed by atoms with E-state index < -0.39 is 0 Å². The molecule has 0 radical (unpaired) electrons. The summed E-state index contributed by atoms with van der Waals surface area (Å²) in [6.45, 7) is 0. The zero-order chi connectivity index (χ0) is 17.8. The molecule has 0 atom stereocenters. The molecule has 25 heavy (non-hydrogen) atoms. The molecule has 0 bridgehead atoms. The maximum absolute atomic E-state index is 12.7. The van der Waals surface area contributed by atoms with Crippen LogP contribution in [0.1, 0.15) is 10.5 Å². The molecule has 2 heterocycles. The van der Waals surface area contributed by atoms with Gasteiger partial charge in [0.1, 0.15) is 11.5 Å². The Morgan fingerprint density at radius 2 is 1.84 bits per heavy atom. The van der Waals surface area contributed by atoms with E-state index in [-0.39, 0.29) is 5.91 Å². The fraction of sp³-hybridized carbons (Fsp3) is 0.167. The molecule has 3 aromatic rings. The van der Waals surface area contributed by atoms with Gasteiger partial charge in [-0.05, 0) is 30.5 Å². The molecule has 0 spiro atoms. The SMILES string of the molecule is CSc1ncc(C(=O)Nc2ccc(N(C)C)nc2)n1-c1ccccc1. The van der Waals surface area contributed by atoms with E-state index in [0.717, 1.165) is 16.7 Å². The Balaban J connectivity index is 1.89. The number of nitrogens with one attached hydrogen (secondary N) is 1. The second kappa shape index (κ2) is 7.40. The molecule has 0 fully saturated rings. The number of carbonyl (C=O) groups is 1. The van der Waals surface area contributed by atoms with E-state index in [2.05, 4.69) is 15.3 Å². The van der Waals surface area contributed by atoms with Crippen LogP contribution in [0.4, 0.5) is 11.5 Å². The summed E-state index contributed by atoms with van der Waals surface area (Å²) in [5.41, 5.74) is 2.02. The normalized spacial score (nSPS) is 10.5. The summed E-state index contributed by atoms with van der Waals surface area (Å²) in [6, 6.07) is 13.4. The van der Waals surface area contributed by atoms with Gasteiger partial charge in [-0.15, -0.1) is 0 Å². The molecule has 1 aromatic carbocycles. The molecule has 0 saturated heterocycles. The second-order valence-electron chi connectivity index (χ2n) is 5.55. The molecule has 0 aliphatic carbocycles. The Bertz CT molecular complexity index is 859. The molecule has 0 unspecified atom stereocenters. The number of hydrogen-bond donors (Lipinski definition) is 1. The minimum atomic E-state index is -0.226. The number of rotatable bonds is 5. The van der Waals surface area contributed by atoms with Gasteiger partial charge in [-0.3, -0.25) is 9.36 Å². The van der Waals surface area contributed by atoms with Gasteiger partial charge in [0.05, 0.1) is 18.1 Å². The summed E-state index contributed by atoms with van der Waals surface area (Å²) >= 11 is 1.49. The molecular weight excluding hydrogens is 334 g/mol. The highest BCUT2D eigenvalue weighted by Gasteiger charge is 2.17. The summed E-state index contributed by atoms with van der Waals surface area (Å²) in [7, 11) is 3.84. The van der Waals surface area contributed by atoms with Crippen LogP contribution in [0.5, 0.6) is 0 Å². The standard InChI is InChI=1S/C18H19N5OS/c1-22(2)16-10-9-13(11-19-16)21-17(24)15-12-20-18(25-3)23(15)14-7-5-4-6-8-14/h4-12H,1-3H3,(H,21,24). The number of aromatic nitrogens is 3. The third-order valence-corrected chi connectivity index (χ3v) is 4.28. The van der Waals surface area contributed by atoms with Gasteiger partial charge in [-0.2, -0.15) is 0 Å². The second-order valence-corrected chi connectivity index (χ2v) is 6.33. The molecule has 3 rings (SSSR count). The molecule has 128 valence electrons. The first-order valence-corrected chi connectivity index (χ1v) is 8.94. The van der Waals surface area contributed by atoms with E-state index in [1.807, 2.05) is 72.3 Å². The van der Waals surface area contributed by atoms with Gasteiger partial charge in [0, 0.05) is 19.8 Å². The highest BCUT2D eigenvalue weighted by Crippen LogP contribution is 2.22. The van der Waals surface area contributed by atoms with Gasteiger partial charge in [0.2, 0.25) is 0 Å². The molecule has 1 N–H and O–H groups in total. The van der Waals surface area contributed by atoms with Gasteiger partial charge in [0.25, 0.3) is 5.91 Å². The van der Waals surface area contributed by atoms with E-state index in [1.54, 1.807) is 12.4 Å². The fourth-order valence-electron chi connectivity index (χ4n) is 2.39. The van der Waals surface area contributed by atoms with Crippen molar-refractivity contribution in [1.82, 2.24) is 14.5 Å². The van der Waals surface area contributed by atoms with E-state index >= 15 is 0 Å². The molecular formula is C18H19N5OS. The van der Waals surface area contributed by atoms with Crippen LogP contribution in [0.15, 0.2) is 60.0 Å². The molecule has 7 heteroatoms. The number of hydrogen-bond acceptors (Lipinski definition) is 5. The topological polar surface area (TPSA) is 63.1 Å². The first-order chi connectivity index (χ1) is 12.1. The number of anilines is 2. The van der Waals surface area contributed by atoms with Crippen LogP contribution in [0.3, 0.4) is 0 Å². The summed E-state index contributed by atoms with van der Waals surface area (Å²) in [5.74, 6) is 0.605. The van der Waals surface area contributed by atoms with Crippen molar-refractivity contribution in [2.24, 2.45) is 0 Å². The smallest absolute Gasteiger partial charge is 0.274 e. The molecule has 0 aliphatic rings. The van der Waals surface area contributed by atoms with Crippen LogP contribution in [0, 0.1) is 0 Å². The maximum atomic E-state index is 12.7. The lowest BCUT2D eigenvalue weighted by Crippen LogP contribution is -2.17. The molecule has 6 nitrogen and oxygen atoms in total. The van der Waals surface area contributed by atoms with E-state index in [0.29, 0.717) is 11.4 Å². The summed E-state index contributed by atoms with van der Waals surface area (Å²) in [5, 5.41) is 3.64. The number of amides is 1. The third-order valence-electron chi connectivity index (χ3n) is 3.62. The molecule has 2 aromatic heterocycles. The average Bonchev–Trinajstić information content (AvgIpc) is 3.07. The van der Waals surface area contributed by atoms with Crippen molar-refractivity contribution < 1.29 is 4.79 Å². The van der Waals surface area contributed by atoms with Crippen LogP contribution in [-0.4, -0.2) is 40.8 Å². The van der Waals surface area contributed by atoms with Gasteiger partial charge >= 0.3 is 0 Å². The van der Waals surface area contributed by atoms with Gasteiger partial charge in [0.15, 0.2) is 5.16 Å². The average molecular weight is 353 g/mol. The van der Waals surface area contributed by atoms with Crippen molar-refractivity contribution in [2.75, 3.05) is 30.6 Å². The molecule has 0 saturated carbocycles. The number of thioether (sulfide) groups is 1. The lowest BCUT2D eigenvalue weighted by atomic mass is 10.3. The quantitative estimate of drug-likeness (QED) is 0.713. The van der Waals surface area contributed by atoms with Gasteiger partial charge in [-0.25, -0.2) is 9.97 Å². The van der Waals surface area contributed by atoms with Gasteiger partial charge in [-0.1, -0.05) is 30.0 Å². The summed E-state index contributed by atoms with van der Waals surface area (Å²) < 4.78 is 1.85. The number of carbonyl (C=O) groups excluding carboxylic acids is 1. The zero-order valence-corrected chi connectivity index (χ0v) is 15.1. The Hall–Kier alpha value is -2.80. The van der Waals surface area contributed by atoms with Crippen LogP contribution in [-0.2, 0) is 0 Å². The highest BCUT2D eigenvalue weighted by atomic mass is 32.2. The molecule has 0 aliphatic heterocycles. The number of pyridine rings is 1. The monoisotopic (exact) mass is 353 g/mol. The van der Waals surface area contributed by atoms with Crippen LogP contribution >= 0.6 is 11.8 Å². The van der Waals surface area contributed by atoms with Crippen molar-refractivity contribution in [2.45, 2.75) is 5.16 Å². The molecule has 1 amide bonds. The number of para-hydroxylation sites is 1. The minimum Gasteiger partial charge on any atom is -0.363 e. The van der Waals surface area contributed by atoms with Crippen molar-refractivity contribution in [3.63, 3.8) is 0 Å². The van der Waals surface area contributed by atoms with Crippen LogP contribution < -0.4 is 10.2 Å². The lowest BCUT2D eigenvalue weighted by molar-refractivity contribution is 0.102. The van der Waals surface area contributed by atoms with E-state index in [1.165, 1.54) is 11.8 Å². The van der Waals surface area contributed by atoms with Crippen molar-refractivity contribution in [3.05, 3.63) is 60.6 Å². The number of nitrogens with zero attached hydrogens (tertiary/aromatic N) is 4. The van der Waals surface area contributed by atoms with E-state index in [4.69, 9.17) is 0 Å². The Morgan fingerprint density at radius 1 is 1.08 bits per heavy atom. The zero-order valence-electron chi connectivity index (χ0n) is 14.3. The van der Waals surface area contributed by atoms with Crippen molar-refractivity contribution in [3.8, 4) is 5.69 Å². The van der Waals surface area contributed by atoms with E-state index in [9.17, 15) is 4.79 Å². The Labute approximate surface area is 150 Å². The first kappa shape index (κ1) is 17.0. The Kier molecular flexibility index (Phi) is 5.04. The summed E-state index contributed by atoms with van der Waals surface area (Å²) in [4.78, 5) is 23.3. The predicted molar refractivity (Wildman–Crippen MR) is 102 cm³/mol. The van der Waals surface area contributed by atoms with Crippen LogP contribution in [0.2, 0.25) is 0 Å².